The van der Waals surface area contributed by atoms with E-state index in [2.05, 4.69) is 32.2 Å². The molecule has 1 aliphatic carbocycles. The van der Waals surface area contributed by atoms with Gasteiger partial charge < -0.3 is 10.1 Å². The number of carbonyl (C=O) groups excluding carboxylic acids is 2. The van der Waals surface area contributed by atoms with Gasteiger partial charge in [-0.25, -0.2) is 4.79 Å². The Bertz CT molecular complexity index is 432. The third-order valence-electron chi connectivity index (χ3n) is 4.19. The lowest BCUT2D eigenvalue weighted by molar-refractivity contribution is -0.146. The molecule has 1 N–H and O–H groups in total. The normalized spacial score (nSPS) is 20.0. The van der Waals surface area contributed by atoms with Crippen LogP contribution in [0, 0.1) is 5.92 Å². The van der Waals surface area contributed by atoms with Gasteiger partial charge in [0.1, 0.15) is 6.04 Å². The maximum absolute atomic E-state index is 12.0. The first-order valence-electron chi connectivity index (χ1n) is 7.99. The van der Waals surface area contributed by atoms with Crippen LogP contribution in [-0.2, 0) is 14.3 Å². The Hall–Kier alpha value is -0.970. The molecular weight excluding hydrogens is 298 g/mol. The van der Waals surface area contributed by atoms with Gasteiger partial charge in [-0.3, -0.25) is 4.79 Å². The fourth-order valence-corrected chi connectivity index (χ4v) is 3.93. The number of ether oxygens (including phenoxy) is 1. The minimum absolute atomic E-state index is 0.0699. The highest BCUT2D eigenvalue weighted by atomic mass is 32.2. The molecule has 0 bridgehead atoms. The van der Waals surface area contributed by atoms with E-state index in [9.17, 15) is 9.59 Å². The van der Waals surface area contributed by atoms with Gasteiger partial charge in [0, 0.05) is 17.4 Å². The summed E-state index contributed by atoms with van der Waals surface area (Å²) in [6.07, 6.45) is 5.76. The molecule has 0 aromatic heterocycles. The molecule has 0 fully saturated rings. The Balaban J connectivity index is 2.61. The van der Waals surface area contributed by atoms with E-state index in [0.717, 1.165) is 12.8 Å². The van der Waals surface area contributed by atoms with Crippen molar-refractivity contribution in [2.24, 2.45) is 5.92 Å². The lowest BCUT2D eigenvalue weighted by Gasteiger charge is -2.36. The predicted octanol–water partition coefficient (Wildman–Crippen LogP) is 3.31. The summed E-state index contributed by atoms with van der Waals surface area (Å²) in [4.78, 5) is 23.2. The molecule has 0 aromatic carbocycles. The van der Waals surface area contributed by atoms with Crippen molar-refractivity contribution in [3.8, 4) is 0 Å². The van der Waals surface area contributed by atoms with Crippen LogP contribution >= 0.6 is 11.8 Å². The summed E-state index contributed by atoms with van der Waals surface area (Å²) in [6, 6.07) is -0.567. The van der Waals surface area contributed by atoms with Gasteiger partial charge in [-0.1, -0.05) is 25.5 Å². The summed E-state index contributed by atoms with van der Waals surface area (Å²) >= 11 is 1.75. The van der Waals surface area contributed by atoms with Gasteiger partial charge in [0.15, 0.2) is 0 Å². The van der Waals surface area contributed by atoms with Crippen LogP contribution in [0.25, 0.3) is 0 Å². The molecule has 2 unspecified atom stereocenters. The minimum Gasteiger partial charge on any atom is -0.464 e. The average molecular weight is 327 g/mol. The Kier molecular flexibility index (Phi) is 7.46. The van der Waals surface area contributed by atoms with Crippen molar-refractivity contribution < 1.29 is 14.3 Å². The Morgan fingerprint density at radius 2 is 2.18 bits per heavy atom. The Labute approximate surface area is 138 Å². The molecule has 0 saturated heterocycles. The second kappa shape index (κ2) is 8.61. The summed E-state index contributed by atoms with van der Waals surface area (Å²) in [6.45, 7) is 10.2. The Morgan fingerprint density at radius 3 is 2.68 bits per heavy atom. The van der Waals surface area contributed by atoms with E-state index in [1.54, 1.807) is 18.7 Å². The summed E-state index contributed by atoms with van der Waals surface area (Å²) in [7, 11) is 0. The third-order valence-corrected chi connectivity index (χ3v) is 5.77. The lowest BCUT2D eigenvalue weighted by Crippen LogP contribution is -2.44. The average Bonchev–Trinajstić information content (AvgIpc) is 2.43. The Morgan fingerprint density at radius 1 is 1.50 bits per heavy atom. The molecule has 0 heterocycles. The van der Waals surface area contributed by atoms with Crippen molar-refractivity contribution in [3.05, 3.63) is 11.6 Å². The first-order valence-corrected chi connectivity index (χ1v) is 8.98. The molecule has 5 heteroatoms. The summed E-state index contributed by atoms with van der Waals surface area (Å²) in [5.74, 6) is 0.597. The number of hydrogen-bond acceptors (Lipinski definition) is 4. The maximum atomic E-state index is 12.0. The number of amides is 1. The third kappa shape index (κ3) is 6.03. The van der Waals surface area contributed by atoms with Crippen molar-refractivity contribution in [1.29, 1.82) is 0 Å². The number of allylic oxidation sites excluding steroid dienone is 2. The van der Waals surface area contributed by atoms with E-state index >= 15 is 0 Å². The van der Waals surface area contributed by atoms with Crippen LogP contribution in [0.2, 0.25) is 0 Å². The van der Waals surface area contributed by atoms with Gasteiger partial charge >= 0.3 is 5.97 Å². The smallest absolute Gasteiger partial charge is 0.329 e. The second-order valence-electron chi connectivity index (χ2n) is 6.44. The van der Waals surface area contributed by atoms with Gasteiger partial charge in [-0.05, 0) is 39.0 Å². The quantitative estimate of drug-likeness (QED) is 0.576. The first kappa shape index (κ1) is 19.1. The van der Waals surface area contributed by atoms with Crippen LogP contribution in [0.3, 0.4) is 0 Å². The SMILES string of the molecule is CCOC(=O)C(CSC(C)(C)C1CC=C(C)CC1)NC(C)=O. The van der Waals surface area contributed by atoms with Crippen LogP contribution in [0.5, 0.6) is 0 Å². The van der Waals surface area contributed by atoms with E-state index in [1.165, 1.54) is 18.9 Å². The number of carbonyl (C=O) groups is 2. The summed E-state index contributed by atoms with van der Waals surface area (Å²) in [5.41, 5.74) is 1.47. The van der Waals surface area contributed by atoms with Crippen LogP contribution < -0.4 is 5.32 Å². The molecule has 126 valence electrons. The van der Waals surface area contributed by atoms with Crippen molar-refractivity contribution in [2.75, 3.05) is 12.4 Å². The monoisotopic (exact) mass is 327 g/mol. The zero-order valence-electron chi connectivity index (χ0n) is 14.4. The highest BCUT2D eigenvalue weighted by Gasteiger charge is 2.33. The largest absolute Gasteiger partial charge is 0.464 e. The molecule has 0 spiro atoms. The number of nitrogens with one attached hydrogen (secondary N) is 1. The zero-order chi connectivity index (χ0) is 16.8. The fourth-order valence-electron chi connectivity index (χ4n) is 2.67. The van der Waals surface area contributed by atoms with E-state index in [1.807, 2.05) is 0 Å². The van der Waals surface area contributed by atoms with Gasteiger partial charge in [0.2, 0.25) is 5.91 Å². The molecular formula is C17H29NO3S. The molecule has 0 radical (unpaired) electrons. The lowest BCUT2D eigenvalue weighted by atomic mass is 9.82. The molecule has 0 aliphatic heterocycles. The van der Waals surface area contributed by atoms with Crippen molar-refractivity contribution in [3.63, 3.8) is 0 Å². The zero-order valence-corrected chi connectivity index (χ0v) is 15.2. The van der Waals surface area contributed by atoms with E-state index < -0.39 is 6.04 Å². The van der Waals surface area contributed by atoms with Gasteiger partial charge in [-0.15, -0.1) is 0 Å². The van der Waals surface area contributed by atoms with E-state index in [4.69, 9.17) is 4.74 Å². The van der Waals surface area contributed by atoms with Crippen molar-refractivity contribution >= 4 is 23.6 Å². The number of hydrogen-bond donors (Lipinski definition) is 1. The molecule has 1 rings (SSSR count). The molecule has 0 saturated carbocycles. The minimum atomic E-state index is -0.567. The van der Waals surface area contributed by atoms with Gasteiger partial charge in [0.25, 0.3) is 0 Å². The van der Waals surface area contributed by atoms with Crippen LogP contribution in [-0.4, -0.2) is 35.0 Å². The first-order chi connectivity index (χ1) is 10.3. The number of rotatable bonds is 7. The number of thioether (sulfide) groups is 1. The highest BCUT2D eigenvalue weighted by molar-refractivity contribution is 8.00. The molecule has 1 amide bonds. The van der Waals surface area contributed by atoms with Gasteiger partial charge in [0.05, 0.1) is 6.61 Å². The van der Waals surface area contributed by atoms with Crippen molar-refractivity contribution in [1.82, 2.24) is 5.32 Å². The molecule has 2 atom stereocenters. The van der Waals surface area contributed by atoms with Crippen molar-refractivity contribution in [2.45, 2.75) is 64.7 Å². The van der Waals surface area contributed by atoms with Crippen LogP contribution in [0.4, 0.5) is 0 Å². The molecule has 4 nitrogen and oxygen atoms in total. The molecule has 0 aromatic rings. The van der Waals surface area contributed by atoms with E-state index in [-0.39, 0.29) is 16.6 Å². The van der Waals surface area contributed by atoms with Crippen LogP contribution in [0.1, 0.15) is 53.9 Å². The van der Waals surface area contributed by atoms with Gasteiger partial charge in [-0.2, -0.15) is 11.8 Å². The predicted molar refractivity (Wildman–Crippen MR) is 91.9 cm³/mol. The summed E-state index contributed by atoms with van der Waals surface area (Å²) in [5, 5.41) is 2.70. The topological polar surface area (TPSA) is 55.4 Å². The number of esters is 1. The maximum Gasteiger partial charge on any atom is 0.329 e. The second-order valence-corrected chi connectivity index (χ2v) is 8.12. The molecule has 22 heavy (non-hydrogen) atoms. The highest BCUT2D eigenvalue weighted by Crippen LogP contribution is 2.40. The fraction of sp³-hybridized carbons (Fsp3) is 0.765. The standard InChI is InChI=1S/C17H29NO3S/c1-6-21-16(20)15(18-13(3)19)11-22-17(4,5)14-9-7-12(2)8-10-14/h7,14-15H,6,8-11H2,1-5H3,(H,18,19). The molecule has 1 aliphatic rings. The summed E-state index contributed by atoms with van der Waals surface area (Å²) < 4.78 is 5.12. The van der Waals surface area contributed by atoms with E-state index in [0.29, 0.717) is 18.3 Å². The van der Waals surface area contributed by atoms with Crippen LogP contribution in [0.15, 0.2) is 11.6 Å².